The Bertz CT molecular complexity index is 2560. The molecule has 0 fully saturated rings. The summed E-state index contributed by atoms with van der Waals surface area (Å²) in [6, 6.07) is 61.6. The third-order valence-corrected chi connectivity index (χ3v) is 10.1. The molecule has 0 amide bonds. The van der Waals surface area contributed by atoms with Crippen molar-refractivity contribution in [1.82, 2.24) is 15.0 Å². The van der Waals surface area contributed by atoms with E-state index < -0.39 is 0 Å². The van der Waals surface area contributed by atoms with E-state index in [9.17, 15) is 0 Å². The second-order valence-corrected chi connectivity index (χ2v) is 13.1. The fourth-order valence-corrected chi connectivity index (χ4v) is 7.64. The molecule has 0 spiro atoms. The molecule has 0 N–H and O–H groups in total. The number of benzene rings is 7. The van der Waals surface area contributed by atoms with Crippen LogP contribution in [0.15, 0.2) is 176 Å². The summed E-state index contributed by atoms with van der Waals surface area (Å²) < 4.78 is 2.59. The molecule has 0 bridgehead atoms. The molecule has 9 aromatic rings. The van der Waals surface area contributed by atoms with Gasteiger partial charge >= 0.3 is 0 Å². The molecular weight excluding hydrogens is 615 g/mol. The van der Waals surface area contributed by atoms with Crippen LogP contribution in [0.5, 0.6) is 0 Å². The summed E-state index contributed by atoms with van der Waals surface area (Å²) in [4.78, 5) is 14.8. The second kappa shape index (κ2) is 12.4. The Morgan fingerprint density at radius 2 is 0.735 bits per heavy atom. The van der Waals surface area contributed by atoms with Crippen LogP contribution >= 0.6 is 11.3 Å². The zero-order valence-corrected chi connectivity index (χ0v) is 27.3. The summed E-state index contributed by atoms with van der Waals surface area (Å²) in [5, 5.41) is 2.62. The lowest BCUT2D eigenvalue weighted by Crippen LogP contribution is -2.00. The van der Waals surface area contributed by atoms with Gasteiger partial charge in [-0.1, -0.05) is 164 Å². The Labute approximate surface area is 288 Å². The van der Waals surface area contributed by atoms with Gasteiger partial charge in [0.25, 0.3) is 0 Å². The molecule has 4 heteroatoms. The minimum atomic E-state index is 0.649. The van der Waals surface area contributed by atoms with Gasteiger partial charge in [-0.15, -0.1) is 11.3 Å². The molecule has 9 rings (SSSR count). The molecule has 49 heavy (non-hydrogen) atoms. The van der Waals surface area contributed by atoms with E-state index in [-0.39, 0.29) is 0 Å². The Morgan fingerprint density at radius 3 is 1.31 bits per heavy atom. The highest BCUT2D eigenvalue weighted by molar-refractivity contribution is 7.26. The van der Waals surface area contributed by atoms with E-state index in [4.69, 9.17) is 15.0 Å². The van der Waals surface area contributed by atoms with Gasteiger partial charge in [-0.2, -0.15) is 0 Å². The maximum Gasteiger partial charge on any atom is 0.164 e. The van der Waals surface area contributed by atoms with Gasteiger partial charge in [-0.3, -0.25) is 0 Å². The smallest absolute Gasteiger partial charge is 0.164 e. The lowest BCUT2D eigenvalue weighted by atomic mass is 9.98. The Morgan fingerprint density at radius 1 is 0.306 bits per heavy atom. The van der Waals surface area contributed by atoms with Crippen molar-refractivity contribution in [3.63, 3.8) is 0 Å². The lowest BCUT2D eigenvalue weighted by Gasteiger charge is -2.10. The summed E-state index contributed by atoms with van der Waals surface area (Å²) in [6.45, 7) is 0. The largest absolute Gasteiger partial charge is 0.208 e. The number of fused-ring (bicyclic) bond motifs is 3. The third kappa shape index (κ3) is 5.58. The van der Waals surface area contributed by atoms with Crippen molar-refractivity contribution in [2.75, 3.05) is 0 Å². The highest BCUT2D eigenvalue weighted by atomic mass is 32.1. The topological polar surface area (TPSA) is 38.7 Å². The second-order valence-electron chi connectivity index (χ2n) is 12.1. The fraction of sp³-hybridized carbons (Fsp3) is 0. The van der Waals surface area contributed by atoms with E-state index in [0.29, 0.717) is 17.5 Å². The number of aromatic nitrogens is 3. The molecule has 0 saturated carbocycles. The molecule has 0 aliphatic rings. The van der Waals surface area contributed by atoms with Crippen LogP contribution in [-0.4, -0.2) is 15.0 Å². The van der Waals surface area contributed by atoms with Crippen molar-refractivity contribution >= 4 is 31.5 Å². The maximum absolute atomic E-state index is 4.98. The van der Waals surface area contributed by atoms with Crippen LogP contribution < -0.4 is 0 Å². The Kier molecular flexibility index (Phi) is 7.34. The van der Waals surface area contributed by atoms with Gasteiger partial charge in [-0.05, 0) is 45.5 Å². The zero-order valence-electron chi connectivity index (χ0n) is 26.5. The molecule has 230 valence electrons. The van der Waals surface area contributed by atoms with Crippen molar-refractivity contribution < 1.29 is 0 Å². The fourth-order valence-electron chi connectivity index (χ4n) is 6.47. The Hall–Kier alpha value is -6.23. The SMILES string of the molecule is c1ccc(-c2ccc(-c3nc(-c4ccccc4)nc(-c4ccc(-c5ccc6c(c5)sc5cccc(-c7ccccc7)c56)cc4)n3)cc2)cc1. The van der Waals surface area contributed by atoms with E-state index >= 15 is 0 Å². The molecule has 2 aromatic heterocycles. The normalized spacial score (nSPS) is 11.3. The minimum Gasteiger partial charge on any atom is -0.208 e. The van der Waals surface area contributed by atoms with E-state index in [1.54, 1.807) is 0 Å². The number of thiophene rings is 1. The van der Waals surface area contributed by atoms with Crippen LogP contribution in [0.1, 0.15) is 0 Å². The van der Waals surface area contributed by atoms with Crippen LogP contribution in [0.4, 0.5) is 0 Å². The highest BCUT2D eigenvalue weighted by Gasteiger charge is 2.14. The minimum absolute atomic E-state index is 0.649. The van der Waals surface area contributed by atoms with Crippen molar-refractivity contribution in [3.05, 3.63) is 176 Å². The van der Waals surface area contributed by atoms with Crippen LogP contribution in [0.3, 0.4) is 0 Å². The summed E-state index contributed by atoms with van der Waals surface area (Å²) in [6.07, 6.45) is 0. The maximum atomic E-state index is 4.98. The molecule has 2 heterocycles. The van der Waals surface area contributed by atoms with Gasteiger partial charge in [0.15, 0.2) is 17.5 Å². The zero-order chi connectivity index (χ0) is 32.6. The van der Waals surface area contributed by atoms with E-state index in [0.717, 1.165) is 27.8 Å². The van der Waals surface area contributed by atoms with Crippen molar-refractivity contribution in [3.8, 4) is 67.5 Å². The van der Waals surface area contributed by atoms with Gasteiger partial charge in [0.1, 0.15) is 0 Å². The number of hydrogen-bond acceptors (Lipinski definition) is 4. The monoisotopic (exact) mass is 643 g/mol. The van der Waals surface area contributed by atoms with E-state index in [2.05, 4.69) is 140 Å². The van der Waals surface area contributed by atoms with Gasteiger partial charge < -0.3 is 0 Å². The predicted molar refractivity (Wildman–Crippen MR) is 205 cm³/mol. The van der Waals surface area contributed by atoms with Gasteiger partial charge in [0.05, 0.1) is 0 Å². The molecule has 0 saturated heterocycles. The van der Waals surface area contributed by atoms with Gasteiger partial charge in [0, 0.05) is 36.9 Å². The lowest BCUT2D eigenvalue weighted by molar-refractivity contribution is 1.07. The molecule has 0 unspecified atom stereocenters. The molecular formula is C45H29N3S. The number of rotatable bonds is 6. The first-order valence-corrected chi connectivity index (χ1v) is 17.2. The van der Waals surface area contributed by atoms with E-state index in [1.807, 2.05) is 47.7 Å². The van der Waals surface area contributed by atoms with Crippen molar-refractivity contribution in [2.45, 2.75) is 0 Å². The first kappa shape index (κ1) is 29.0. The van der Waals surface area contributed by atoms with Crippen LogP contribution in [0, 0.1) is 0 Å². The number of nitrogens with zero attached hydrogens (tertiary/aromatic N) is 3. The van der Waals surface area contributed by atoms with Crippen LogP contribution in [0.25, 0.3) is 87.7 Å². The summed E-state index contributed by atoms with van der Waals surface area (Å²) in [7, 11) is 0. The summed E-state index contributed by atoms with van der Waals surface area (Å²) >= 11 is 1.85. The van der Waals surface area contributed by atoms with Crippen molar-refractivity contribution in [1.29, 1.82) is 0 Å². The first-order valence-electron chi connectivity index (χ1n) is 16.4. The van der Waals surface area contributed by atoms with Crippen molar-refractivity contribution in [2.24, 2.45) is 0 Å². The number of hydrogen-bond donors (Lipinski definition) is 0. The quantitative estimate of drug-likeness (QED) is 0.181. The predicted octanol–water partition coefficient (Wildman–Crippen LogP) is 12.2. The first-order chi connectivity index (χ1) is 24.3. The molecule has 0 aliphatic carbocycles. The molecule has 7 aromatic carbocycles. The van der Waals surface area contributed by atoms with Gasteiger partial charge in [-0.25, -0.2) is 15.0 Å². The average Bonchev–Trinajstić information content (AvgIpc) is 3.57. The van der Waals surface area contributed by atoms with Gasteiger partial charge in [0.2, 0.25) is 0 Å². The third-order valence-electron chi connectivity index (χ3n) is 8.98. The summed E-state index contributed by atoms with van der Waals surface area (Å²) in [5.74, 6) is 1.95. The molecule has 0 aliphatic heterocycles. The highest BCUT2D eigenvalue weighted by Crippen LogP contribution is 2.41. The van der Waals surface area contributed by atoms with E-state index in [1.165, 1.54) is 42.4 Å². The standard InChI is InChI=1S/C45H29N3S/c1-4-11-30(12-5-1)31-19-23-35(24-20-31)44-46-43(34-15-8-3-9-16-34)47-45(48-44)36-25-21-32(22-26-36)37-27-28-39-41(29-37)49-40-18-10-17-38(42(39)40)33-13-6-2-7-14-33/h1-29H. The molecule has 3 nitrogen and oxygen atoms in total. The van der Waals surface area contributed by atoms with Crippen LogP contribution in [0.2, 0.25) is 0 Å². The van der Waals surface area contributed by atoms with Crippen LogP contribution in [-0.2, 0) is 0 Å². The summed E-state index contributed by atoms with van der Waals surface area (Å²) in [5.41, 5.74) is 10.0. The Balaban J connectivity index is 1.07. The molecule has 0 radical (unpaired) electrons. The molecule has 0 atom stereocenters. The average molecular weight is 644 g/mol.